The molecule has 0 bridgehead atoms. The molecule has 5 nitrogen and oxygen atoms in total. The van der Waals surface area contributed by atoms with Gasteiger partial charge in [0.2, 0.25) is 5.91 Å². The van der Waals surface area contributed by atoms with Crippen LogP contribution in [-0.4, -0.2) is 28.3 Å². The van der Waals surface area contributed by atoms with Crippen LogP contribution in [0.1, 0.15) is 11.1 Å². The largest absolute Gasteiger partial charge is 0.497 e. The second-order valence-corrected chi connectivity index (χ2v) is 7.91. The third kappa shape index (κ3) is 4.49. The van der Waals surface area contributed by atoms with Crippen molar-refractivity contribution < 1.29 is 9.53 Å². The van der Waals surface area contributed by atoms with Crippen LogP contribution in [0.3, 0.4) is 0 Å². The minimum Gasteiger partial charge on any atom is -0.497 e. The third-order valence-electron chi connectivity index (χ3n) is 4.80. The lowest BCUT2D eigenvalue weighted by Gasteiger charge is -2.10. The van der Waals surface area contributed by atoms with Gasteiger partial charge in [-0.3, -0.25) is 9.36 Å². The molecule has 0 saturated carbocycles. The smallest absolute Gasteiger partial charge is 0.230 e. The lowest BCUT2D eigenvalue weighted by molar-refractivity contribution is -0.118. The molecule has 30 heavy (non-hydrogen) atoms. The van der Waals surface area contributed by atoms with E-state index in [-0.39, 0.29) is 5.91 Å². The molecular weight excluding hydrogens is 394 g/mol. The van der Waals surface area contributed by atoms with Gasteiger partial charge >= 0.3 is 0 Å². The summed E-state index contributed by atoms with van der Waals surface area (Å²) in [6, 6.07) is 24.0. The van der Waals surface area contributed by atoms with Gasteiger partial charge in [0.25, 0.3) is 0 Å². The van der Waals surface area contributed by atoms with Gasteiger partial charge in [-0.25, -0.2) is 4.98 Å². The molecule has 4 rings (SSSR count). The molecule has 0 aliphatic heterocycles. The van der Waals surface area contributed by atoms with Crippen molar-refractivity contribution in [3.63, 3.8) is 0 Å². The number of nitrogens with one attached hydrogen (secondary N) is 1. The van der Waals surface area contributed by atoms with Gasteiger partial charge in [0.1, 0.15) is 5.75 Å². The van der Waals surface area contributed by atoms with Crippen molar-refractivity contribution in [1.82, 2.24) is 14.9 Å². The molecular formula is C24H23N3O2S. The van der Waals surface area contributed by atoms with Crippen LogP contribution in [0.2, 0.25) is 0 Å². The van der Waals surface area contributed by atoms with Crippen molar-refractivity contribution >= 4 is 28.7 Å². The van der Waals surface area contributed by atoms with Crippen molar-refractivity contribution in [3.05, 3.63) is 83.9 Å². The Balaban J connectivity index is 1.47. The number of methoxy groups -OCH3 is 1. The molecule has 1 aromatic heterocycles. The molecule has 0 unspecified atom stereocenters. The quantitative estimate of drug-likeness (QED) is 0.441. The van der Waals surface area contributed by atoms with Crippen molar-refractivity contribution in [1.29, 1.82) is 0 Å². The molecule has 0 fully saturated rings. The SMILES string of the molecule is COc1ccc(CNC(=O)CSc2nc3ccccc3n2-c2ccc(C)cc2)cc1. The fourth-order valence-corrected chi connectivity index (χ4v) is 4.03. The highest BCUT2D eigenvalue weighted by atomic mass is 32.2. The first-order valence-electron chi connectivity index (χ1n) is 9.71. The summed E-state index contributed by atoms with van der Waals surface area (Å²) in [5.41, 5.74) is 5.22. The molecule has 4 aromatic rings. The summed E-state index contributed by atoms with van der Waals surface area (Å²) in [7, 11) is 1.64. The Morgan fingerprint density at radius 3 is 2.50 bits per heavy atom. The normalized spacial score (nSPS) is 10.9. The number of carbonyl (C=O) groups excluding carboxylic acids is 1. The number of fused-ring (bicyclic) bond motifs is 1. The number of ether oxygens (including phenoxy) is 1. The van der Waals surface area contributed by atoms with Gasteiger partial charge in [-0.2, -0.15) is 0 Å². The lowest BCUT2D eigenvalue weighted by Crippen LogP contribution is -2.24. The topological polar surface area (TPSA) is 56.1 Å². The van der Waals surface area contributed by atoms with Crippen LogP contribution < -0.4 is 10.1 Å². The first kappa shape index (κ1) is 20.0. The predicted molar refractivity (Wildman–Crippen MR) is 121 cm³/mol. The van der Waals surface area contributed by atoms with Gasteiger partial charge in [0.15, 0.2) is 5.16 Å². The molecule has 0 spiro atoms. The lowest BCUT2D eigenvalue weighted by atomic mass is 10.2. The fourth-order valence-electron chi connectivity index (χ4n) is 3.17. The number of benzene rings is 3. The van der Waals surface area contributed by atoms with E-state index in [1.165, 1.54) is 17.3 Å². The van der Waals surface area contributed by atoms with E-state index < -0.39 is 0 Å². The summed E-state index contributed by atoms with van der Waals surface area (Å²) in [4.78, 5) is 17.2. The first-order chi connectivity index (χ1) is 14.6. The summed E-state index contributed by atoms with van der Waals surface area (Å²) in [6.07, 6.45) is 0. The molecule has 3 aromatic carbocycles. The van der Waals surface area contributed by atoms with E-state index in [1.807, 2.05) is 42.5 Å². The summed E-state index contributed by atoms with van der Waals surface area (Å²) in [5.74, 6) is 1.07. The number of hydrogen-bond acceptors (Lipinski definition) is 4. The Hall–Kier alpha value is -3.25. The zero-order valence-electron chi connectivity index (χ0n) is 17.0. The second-order valence-electron chi connectivity index (χ2n) is 6.97. The molecule has 1 N–H and O–H groups in total. The van der Waals surface area contributed by atoms with E-state index in [1.54, 1.807) is 7.11 Å². The van der Waals surface area contributed by atoms with E-state index in [0.717, 1.165) is 33.2 Å². The van der Waals surface area contributed by atoms with Crippen LogP contribution in [-0.2, 0) is 11.3 Å². The number of imidazole rings is 1. The number of rotatable bonds is 7. The molecule has 1 heterocycles. The summed E-state index contributed by atoms with van der Waals surface area (Å²) in [6.45, 7) is 2.55. The Bertz CT molecular complexity index is 1150. The number of thioether (sulfide) groups is 1. The van der Waals surface area contributed by atoms with Gasteiger partial charge in [-0.1, -0.05) is 53.7 Å². The fraction of sp³-hybridized carbons (Fsp3) is 0.167. The molecule has 152 valence electrons. The Morgan fingerprint density at radius 2 is 1.77 bits per heavy atom. The number of aryl methyl sites for hydroxylation is 1. The number of para-hydroxylation sites is 2. The van der Waals surface area contributed by atoms with E-state index >= 15 is 0 Å². The number of nitrogens with zero attached hydrogens (tertiary/aromatic N) is 2. The average Bonchev–Trinajstić information content (AvgIpc) is 3.15. The van der Waals surface area contributed by atoms with Crippen molar-refractivity contribution in [2.45, 2.75) is 18.6 Å². The van der Waals surface area contributed by atoms with Crippen LogP contribution in [0, 0.1) is 6.92 Å². The van der Waals surface area contributed by atoms with Crippen molar-refractivity contribution in [2.24, 2.45) is 0 Å². The van der Waals surface area contributed by atoms with Crippen LogP contribution in [0.5, 0.6) is 5.75 Å². The summed E-state index contributed by atoms with van der Waals surface area (Å²) >= 11 is 1.44. The zero-order chi connectivity index (χ0) is 20.9. The molecule has 0 saturated heterocycles. The Morgan fingerprint density at radius 1 is 1.03 bits per heavy atom. The standard InChI is InChI=1S/C24H23N3O2S/c1-17-7-11-19(12-8-17)27-22-6-4-3-5-21(22)26-24(27)30-16-23(28)25-15-18-9-13-20(29-2)14-10-18/h3-14H,15-16H2,1-2H3,(H,25,28). The van der Waals surface area contributed by atoms with Crippen LogP contribution >= 0.6 is 11.8 Å². The maximum Gasteiger partial charge on any atom is 0.230 e. The minimum absolute atomic E-state index is 0.0293. The number of amides is 1. The maximum absolute atomic E-state index is 12.4. The van der Waals surface area contributed by atoms with Gasteiger partial charge in [0.05, 0.1) is 23.9 Å². The van der Waals surface area contributed by atoms with Crippen LogP contribution in [0.4, 0.5) is 0 Å². The molecule has 0 radical (unpaired) electrons. The Kier molecular flexibility index (Phi) is 6.05. The van der Waals surface area contributed by atoms with Crippen molar-refractivity contribution in [2.75, 3.05) is 12.9 Å². The van der Waals surface area contributed by atoms with Gasteiger partial charge in [-0.15, -0.1) is 0 Å². The number of carbonyl (C=O) groups is 1. The third-order valence-corrected chi connectivity index (χ3v) is 5.74. The van der Waals surface area contributed by atoms with E-state index in [0.29, 0.717) is 12.3 Å². The molecule has 0 atom stereocenters. The second kappa shape index (κ2) is 9.05. The predicted octanol–water partition coefficient (Wildman–Crippen LogP) is 4.75. The summed E-state index contributed by atoms with van der Waals surface area (Å²) < 4.78 is 7.27. The molecule has 0 aliphatic carbocycles. The van der Waals surface area contributed by atoms with Gasteiger partial charge < -0.3 is 10.1 Å². The maximum atomic E-state index is 12.4. The zero-order valence-corrected chi connectivity index (χ0v) is 17.8. The number of aromatic nitrogens is 2. The minimum atomic E-state index is -0.0293. The van der Waals surface area contributed by atoms with Crippen LogP contribution in [0.15, 0.2) is 78.0 Å². The van der Waals surface area contributed by atoms with E-state index in [4.69, 9.17) is 9.72 Å². The number of hydrogen-bond donors (Lipinski definition) is 1. The molecule has 6 heteroatoms. The highest BCUT2D eigenvalue weighted by Crippen LogP contribution is 2.28. The first-order valence-corrected chi connectivity index (χ1v) is 10.7. The highest BCUT2D eigenvalue weighted by molar-refractivity contribution is 7.99. The van der Waals surface area contributed by atoms with Crippen molar-refractivity contribution in [3.8, 4) is 11.4 Å². The van der Waals surface area contributed by atoms with Gasteiger partial charge in [0, 0.05) is 12.2 Å². The van der Waals surface area contributed by atoms with Gasteiger partial charge in [-0.05, 0) is 48.9 Å². The average molecular weight is 418 g/mol. The molecule has 1 amide bonds. The van der Waals surface area contributed by atoms with Crippen LogP contribution in [0.25, 0.3) is 16.7 Å². The molecule has 0 aliphatic rings. The summed E-state index contributed by atoms with van der Waals surface area (Å²) in [5, 5.41) is 3.77. The van der Waals surface area contributed by atoms with E-state index in [9.17, 15) is 4.79 Å². The van der Waals surface area contributed by atoms with E-state index in [2.05, 4.69) is 47.1 Å². The highest BCUT2D eigenvalue weighted by Gasteiger charge is 2.14. The Labute approximate surface area is 180 Å². The monoisotopic (exact) mass is 417 g/mol.